The molecule has 1 saturated heterocycles. The molecule has 2 aliphatic heterocycles. The molecule has 2 heterocycles. The Labute approximate surface area is 162 Å². The molecule has 27 heavy (non-hydrogen) atoms. The van der Waals surface area contributed by atoms with E-state index in [-0.39, 0.29) is 5.82 Å². The van der Waals surface area contributed by atoms with E-state index in [1.165, 1.54) is 37.4 Å². The van der Waals surface area contributed by atoms with Gasteiger partial charge in [-0.1, -0.05) is 26.0 Å². The smallest absolute Gasteiger partial charge is 0.123 e. The van der Waals surface area contributed by atoms with Crippen LogP contribution in [0, 0.1) is 17.7 Å². The Hall–Kier alpha value is -2.07. The molecule has 0 bridgehead atoms. The van der Waals surface area contributed by atoms with Crippen molar-refractivity contribution in [2.75, 3.05) is 49.1 Å². The third-order valence-electron chi connectivity index (χ3n) is 5.72. The Balaban J connectivity index is 1.49. The van der Waals surface area contributed by atoms with Crippen molar-refractivity contribution in [3.05, 3.63) is 54.3 Å². The standard InChI is InChI=1S/C23H30FN3/c1-18(2)15-25-12-11-19(16-25)17-26-13-14-27(21-9-7-20(24)8-10-21)23-6-4-3-5-22(23)26/h3-10,18-19H,11-17H2,1-2H3/t19-/m1/s1. The molecule has 144 valence electrons. The summed E-state index contributed by atoms with van der Waals surface area (Å²) >= 11 is 0. The Kier molecular flexibility index (Phi) is 5.35. The molecule has 2 aromatic rings. The van der Waals surface area contributed by atoms with Crippen LogP contribution in [0.3, 0.4) is 0 Å². The van der Waals surface area contributed by atoms with Crippen LogP contribution in [0.15, 0.2) is 48.5 Å². The second-order valence-corrected chi connectivity index (χ2v) is 8.37. The van der Waals surface area contributed by atoms with Gasteiger partial charge in [-0.3, -0.25) is 0 Å². The number of fused-ring (bicyclic) bond motifs is 1. The van der Waals surface area contributed by atoms with Crippen LogP contribution in [0.25, 0.3) is 0 Å². The minimum atomic E-state index is -0.183. The van der Waals surface area contributed by atoms with Gasteiger partial charge in [0.1, 0.15) is 5.82 Å². The van der Waals surface area contributed by atoms with Crippen LogP contribution in [0.1, 0.15) is 20.3 Å². The minimum Gasteiger partial charge on any atom is -0.368 e. The van der Waals surface area contributed by atoms with Crippen LogP contribution in [-0.2, 0) is 0 Å². The first-order valence-corrected chi connectivity index (χ1v) is 10.2. The maximum Gasteiger partial charge on any atom is 0.123 e. The van der Waals surface area contributed by atoms with Crippen molar-refractivity contribution in [3.8, 4) is 0 Å². The molecule has 0 unspecified atom stereocenters. The lowest BCUT2D eigenvalue weighted by Gasteiger charge is -2.40. The van der Waals surface area contributed by atoms with E-state index in [4.69, 9.17) is 0 Å². The van der Waals surface area contributed by atoms with Gasteiger partial charge < -0.3 is 14.7 Å². The fourth-order valence-corrected chi connectivity index (χ4v) is 4.56. The van der Waals surface area contributed by atoms with E-state index in [0.29, 0.717) is 0 Å². The highest BCUT2D eigenvalue weighted by atomic mass is 19.1. The summed E-state index contributed by atoms with van der Waals surface area (Å²) in [6, 6.07) is 15.5. The van der Waals surface area contributed by atoms with Gasteiger partial charge in [0.25, 0.3) is 0 Å². The number of anilines is 3. The first-order valence-electron chi connectivity index (χ1n) is 10.2. The van der Waals surface area contributed by atoms with Gasteiger partial charge in [-0.2, -0.15) is 0 Å². The minimum absolute atomic E-state index is 0.183. The third kappa shape index (κ3) is 4.11. The first-order chi connectivity index (χ1) is 13.1. The van der Waals surface area contributed by atoms with Crippen molar-refractivity contribution < 1.29 is 4.39 Å². The quantitative estimate of drug-likeness (QED) is 0.754. The predicted molar refractivity (Wildman–Crippen MR) is 111 cm³/mol. The second kappa shape index (κ2) is 7.89. The van der Waals surface area contributed by atoms with Gasteiger partial charge in [0.05, 0.1) is 11.4 Å². The molecule has 0 spiro atoms. The fourth-order valence-electron chi connectivity index (χ4n) is 4.56. The number of benzene rings is 2. The Morgan fingerprint density at radius 2 is 1.70 bits per heavy atom. The zero-order chi connectivity index (χ0) is 18.8. The summed E-state index contributed by atoms with van der Waals surface area (Å²) in [7, 11) is 0. The Bertz CT molecular complexity index is 758. The summed E-state index contributed by atoms with van der Waals surface area (Å²) in [4.78, 5) is 7.49. The SMILES string of the molecule is CC(C)CN1CC[C@@H](CN2CCN(c3ccc(F)cc3)c3ccccc32)C1. The predicted octanol–water partition coefficient (Wildman–Crippen LogP) is 4.76. The Morgan fingerprint density at radius 1 is 0.963 bits per heavy atom. The van der Waals surface area contributed by atoms with Crippen molar-refractivity contribution in [2.24, 2.45) is 11.8 Å². The summed E-state index contributed by atoms with van der Waals surface area (Å²) in [6.07, 6.45) is 1.30. The molecule has 0 aliphatic carbocycles. The summed E-state index contributed by atoms with van der Waals surface area (Å²) in [5, 5.41) is 0. The van der Waals surface area contributed by atoms with Crippen LogP contribution in [0.5, 0.6) is 0 Å². The highest BCUT2D eigenvalue weighted by molar-refractivity contribution is 5.79. The molecule has 4 rings (SSSR count). The van der Waals surface area contributed by atoms with E-state index in [2.05, 4.69) is 52.8 Å². The van der Waals surface area contributed by atoms with Crippen molar-refractivity contribution in [2.45, 2.75) is 20.3 Å². The van der Waals surface area contributed by atoms with Gasteiger partial charge in [0, 0.05) is 38.4 Å². The lowest BCUT2D eigenvalue weighted by atomic mass is 10.1. The van der Waals surface area contributed by atoms with Crippen molar-refractivity contribution in [1.29, 1.82) is 0 Å². The molecule has 4 heteroatoms. The largest absolute Gasteiger partial charge is 0.368 e. The molecule has 2 aliphatic rings. The van der Waals surface area contributed by atoms with Crippen LogP contribution in [0.4, 0.5) is 21.5 Å². The highest BCUT2D eigenvalue weighted by Crippen LogP contribution is 2.38. The molecular weight excluding hydrogens is 337 g/mol. The summed E-state index contributed by atoms with van der Waals surface area (Å²) in [5.74, 6) is 1.30. The van der Waals surface area contributed by atoms with Crippen LogP contribution in [0.2, 0.25) is 0 Å². The zero-order valence-corrected chi connectivity index (χ0v) is 16.4. The second-order valence-electron chi connectivity index (χ2n) is 8.37. The van der Waals surface area contributed by atoms with E-state index in [1.807, 2.05) is 12.1 Å². The summed E-state index contributed by atoms with van der Waals surface area (Å²) in [5.41, 5.74) is 3.59. The highest BCUT2D eigenvalue weighted by Gasteiger charge is 2.28. The van der Waals surface area contributed by atoms with Crippen LogP contribution >= 0.6 is 0 Å². The summed E-state index contributed by atoms with van der Waals surface area (Å²) < 4.78 is 13.3. The molecular formula is C23H30FN3. The number of para-hydroxylation sites is 2. The number of likely N-dealkylation sites (tertiary alicyclic amines) is 1. The molecule has 0 aromatic heterocycles. The van der Waals surface area contributed by atoms with E-state index in [1.54, 1.807) is 12.1 Å². The van der Waals surface area contributed by atoms with Crippen LogP contribution < -0.4 is 9.80 Å². The fraction of sp³-hybridized carbons (Fsp3) is 0.478. The van der Waals surface area contributed by atoms with Gasteiger partial charge in [-0.05, 0) is 61.2 Å². The average molecular weight is 368 g/mol. The molecule has 0 amide bonds. The molecule has 0 saturated carbocycles. The molecule has 0 N–H and O–H groups in total. The van der Waals surface area contributed by atoms with Gasteiger partial charge in [0.15, 0.2) is 0 Å². The van der Waals surface area contributed by atoms with Crippen molar-refractivity contribution in [1.82, 2.24) is 4.90 Å². The van der Waals surface area contributed by atoms with Gasteiger partial charge in [-0.25, -0.2) is 4.39 Å². The molecule has 0 radical (unpaired) electrons. The van der Waals surface area contributed by atoms with Gasteiger partial charge >= 0.3 is 0 Å². The molecule has 3 nitrogen and oxygen atoms in total. The number of rotatable bonds is 5. The normalized spacial score (nSPS) is 20.4. The lowest BCUT2D eigenvalue weighted by Crippen LogP contribution is -2.41. The van der Waals surface area contributed by atoms with E-state index >= 15 is 0 Å². The van der Waals surface area contributed by atoms with Crippen LogP contribution in [-0.4, -0.2) is 44.2 Å². The molecule has 2 aromatic carbocycles. The number of nitrogens with zero attached hydrogens (tertiary/aromatic N) is 3. The lowest BCUT2D eigenvalue weighted by molar-refractivity contribution is 0.287. The monoisotopic (exact) mass is 367 g/mol. The van der Waals surface area contributed by atoms with E-state index in [0.717, 1.165) is 37.2 Å². The first kappa shape index (κ1) is 18.3. The number of halogens is 1. The third-order valence-corrected chi connectivity index (χ3v) is 5.72. The number of hydrogen-bond acceptors (Lipinski definition) is 3. The molecule has 1 fully saturated rings. The maximum atomic E-state index is 13.3. The zero-order valence-electron chi connectivity index (χ0n) is 16.4. The van der Waals surface area contributed by atoms with Gasteiger partial charge in [0.2, 0.25) is 0 Å². The average Bonchev–Trinajstić information content (AvgIpc) is 3.09. The number of hydrogen-bond donors (Lipinski definition) is 0. The van der Waals surface area contributed by atoms with Crippen molar-refractivity contribution >= 4 is 17.1 Å². The molecule has 1 atom stereocenters. The Morgan fingerprint density at radius 3 is 2.44 bits per heavy atom. The van der Waals surface area contributed by atoms with Gasteiger partial charge in [-0.15, -0.1) is 0 Å². The maximum absolute atomic E-state index is 13.3. The van der Waals surface area contributed by atoms with Crippen molar-refractivity contribution in [3.63, 3.8) is 0 Å². The summed E-state index contributed by atoms with van der Waals surface area (Å²) in [6.45, 7) is 11.4. The topological polar surface area (TPSA) is 9.72 Å². The van der Waals surface area contributed by atoms with E-state index in [9.17, 15) is 4.39 Å². The van der Waals surface area contributed by atoms with E-state index < -0.39 is 0 Å².